The van der Waals surface area contributed by atoms with Gasteiger partial charge in [-0.05, 0) is 54.8 Å². The molecular formula is C18H18N2. The van der Waals surface area contributed by atoms with Crippen molar-refractivity contribution in [3.63, 3.8) is 0 Å². The first-order chi connectivity index (χ1) is 9.70. The van der Waals surface area contributed by atoms with E-state index in [4.69, 9.17) is 5.26 Å². The van der Waals surface area contributed by atoms with E-state index in [2.05, 4.69) is 55.3 Å². The molecule has 2 heteroatoms. The predicted octanol–water partition coefficient (Wildman–Crippen LogP) is 3.44. The van der Waals surface area contributed by atoms with E-state index in [-0.39, 0.29) is 0 Å². The van der Waals surface area contributed by atoms with Crippen molar-refractivity contribution < 1.29 is 0 Å². The van der Waals surface area contributed by atoms with Crippen LogP contribution in [0.25, 0.3) is 0 Å². The van der Waals surface area contributed by atoms with Gasteiger partial charge in [0.05, 0.1) is 17.7 Å². The molecule has 0 spiro atoms. The lowest BCUT2D eigenvalue weighted by molar-refractivity contribution is 0.264. The van der Waals surface area contributed by atoms with Crippen molar-refractivity contribution in [1.29, 1.82) is 5.26 Å². The molecule has 0 aliphatic carbocycles. The van der Waals surface area contributed by atoms with Crippen LogP contribution in [0.4, 0.5) is 0 Å². The van der Waals surface area contributed by atoms with Crippen LogP contribution in [-0.4, -0.2) is 18.5 Å². The second-order valence-corrected chi connectivity index (χ2v) is 5.51. The Labute approximate surface area is 120 Å². The maximum Gasteiger partial charge on any atom is 0.0991 e. The van der Waals surface area contributed by atoms with Gasteiger partial charge in [0, 0.05) is 6.54 Å². The van der Waals surface area contributed by atoms with Gasteiger partial charge in [-0.3, -0.25) is 4.90 Å². The molecule has 2 aromatic rings. The Bertz CT molecular complexity index is 665. The van der Waals surface area contributed by atoms with E-state index < -0.39 is 0 Å². The molecule has 0 radical (unpaired) electrons. The summed E-state index contributed by atoms with van der Waals surface area (Å²) in [7, 11) is 2.18. The first kappa shape index (κ1) is 12.9. The normalized spacial score (nSPS) is 18.4. The minimum Gasteiger partial charge on any atom is -0.295 e. The first-order valence-corrected chi connectivity index (χ1v) is 6.99. The van der Waals surface area contributed by atoms with E-state index >= 15 is 0 Å². The summed E-state index contributed by atoms with van der Waals surface area (Å²) < 4.78 is 0. The van der Waals surface area contributed by atoms with Crippen molar-refractivity contribution in [3.05, 3.63) is 70.3 Å². The molecule has 2 nitrogen and oxygen atoms in total. The molecule has 3 rings (SSSR count). The zero-order valence-electron chi connectivity index (χ0n) is 11.9. The van der Waals surface area contributed by atoms with Gasteiger partial charge in [0.2, 0.25) is 0 Å². The van der Waals surface area contributed by atoms with Gasteiger partial charge in [-0.15, -0.1) is 0 Å². The average Bonchev–Trinajstić information content (AvgIpc) is 2.48. The summed E-state index contributed by atoms with van der Waals surface area (Å²) in [6.07, 6.45) is 1.11. The lowest BCUT2D eigenvalue weighted by Crippen LogP contribution is -2.33. The van der Waals surface area contributed by atoms with Gasteiger partial charge in [-0.25, -0.2) is 0 Å². The van der Waals surface area contributed by atoms with Gasteiger partial charge >= 0.3 is 0 Å². The molecule has 1 atom stereocenters. The van der Waals surface area contributed by atoms with E-state index in [1.165, 1.54) is 22.3 Å². The van der Waals surface area contributed by atoms with Gasteiger partial charge in [0.1, 0.15) is 0 Å². The van der Waals surface area contributed by atoms with E-state index in [1.54, 1.807) is 0 Å². The molecule has 0 saturated carbocycles. The number of nitriles is 1. The van der Waals surface area contributed by atoms with Crippen molar-refractivity contribution in [2.75, 3.05) is 13.6 Å². The fourth-order valence-corrected chi connectivity index (χ4v) is 3.16. The van der Waals surface area contributed by atoms with Crippen molar-refractivity contribution in [2.45, 2.75) is 19.4 Å². The first-order valence-electron chi connectivity index (χ1n) is 6.99. The third-order valence-corrected chi connectivity index (χ3v) is 4.22. The van der Waals surface area contributed by atoms with Crippen LogP contribution in [0.15, 0.2) is 42.5 Å². The fourth-order valence-electron chi connectivity index (χ4n) is 3.16. The predicted molar refractivity (Wildman–Crippen MR) is 80.5 cm³/mol. The lowest BCUT2D eigenvalue weighted by atomic mass is 9.85. The third-order valence-electron chi connectivity index (χ3n) is 4.22. The summed E-state index contributed by atoms with van der Waals surface area (Å²) in [5.41, 5.74) is 6.23. The number of rotatable bonds is 1. The molecular weight excluding hydrogens is 244 g/mol. The minimum atomic E-state index is 0.299. The van der Waals surface area contributed by atoms with Crippen molar-refractivity contribution in [1.82, 2.24) is 4.90 Å². The number of aryl methyl sites for hydroxylation is 1. The van der Waals surface area contributed by atoms with Crippen LogP contribution in [0, 0.1) is 18.3 Å². The van der Waals surface area contributed by atoms with Crippen LogP contribution in [0.3, 0.4) is 0 Å². The van der Waals surface area contributed by atoms with Crippen LogP contribution in [0.1, 0.15) is 33.9 Å². The number of fused-ring (bicyclic) bond motifs is 1. The summed E-state index contributed by atoms with van der Waals surface area (Å²) in [5.74, 6) is 0. The quantitative estimate of drug-likeness (QED) is 0.787. The minimum absolute atomic E-state index is 0.299. The Kier molecular flexibility index (Phi) is 3.30. The monoisotopic (exact) mass is 262 g/mol. The largest absolute Gasteiger partial charge is 0.295 e. The zero-order chi connectivity index (χ0) is 14.1. The van der Waals surface area contributed by atoms with Crippen LogP contribution < -0.4 is 0 Å². The molecule has 1 aliphatic heterocycles. The van der Waals surface area contributed by atoms with Crippen LogP contribution in [0.5, 0.6) is 0 Å². The van der Waals surface area contributed by atoms with Crippen LogP contribution >= 0.6 is 0 Å². The molecule has 1 unspecified atom stereocenters. The zero-order valence-corrected chi connectivity index (χ0v) is 11.9. The highest BCUT2D eigenvalue weighted by Crippen LogP contribution is 2.36. The van der Waals surface area contributed by atoms with Crippen molar-refractivity contribution >= 4 is 0 Å². The Balaban J connectivity index is 2.11. The highest BCUT2D eigenvalue weighted by atomic mass is 15.1. The smallest absolute Gasteiger partial charge is 0.0991 e. The fraction of sp³-hybridized carbons (Fsp3) is 0.278. The Morgan fingerprint density at radius 1 is 1.15 bits per heavy atom. The second kappa shape index (κ2) is 5.11. The van der Waals surface area contributed by atoms with Crippen molar-refractivity contribution in [2.24, 2.45) is 0 Å². The molecule has 2 aromatic carbocycles. The van der Waals surface area contributed by atoms with Crippen LogP contribution in [0.2, 0.25) is 0 Å². The third kappa shape index (κ3) is 2.11. The highest BCUT2D eigenvalue weighted by Gasteiger charge is 2.27. The SMILES string of the molecule is Cc1cccc2c1C(c1ccc(C#N)cc1)N(C)CC2. The molecule has 1 aliphatic rings. The molecule has 0 aromatic heterocycles. The molecule has 20 heavy (non-hydrogen) atoms. The molecule has 0 N–H and O–H groups in total. The number of nitrogens with zero attached hydrogens (tertiary/aromatic N) is 2. The number of hydrogen-bond acceptors (Lipinski definition) is 2. The summed E-state index contributed by atoms with van der Waals surface area (Å²) in [6.45, 7) is 3.26. The van der Waals surface area contributed by atoms with E-state index in [9.17, 15) is 0 Å². The summed E-state index contributed by atoms with van der Waals surface area (Å²) in [6, 6.07) is 17.1. The van der Waals surface area contributed by atoms with E-state index in [0.717, 1.165) is 18.5 Å². The molecule has 1 heterocycles. The summed E-state index contributed by atoms with van der Waals surface area (Å²) in [4.78, 5) is 2.40. The molecule has 0 bridgehead atoms. The van der Waals surface area contributed by atoms with Gasteiger partial charge in [-0.1, -0.05) is 30.3 Å². The molecule has 0 saturated heterocycles. The Morgan fingerprint density at radius 2 is 1.90 bits per heavy atom. The number of hydrogen-bond donors (Lipinski definition) is 0. The summed E-state index contributed by atoms with van der Waals surface area (Å²) >= 11 is 0. The van der Waals surface area contributed by atoms with Gasteiger partial charge in [-0.2, -0.15) is 5.26 Å². The van der Waals surface area contributed by atoms with Gasteiger partial charge < -0.3 is 0 Å². The maximum absolute atomic E-state index is 8.93. The van der Waals surface area contributed by atoms with Crippen molar-refractivity contribution in [3.8, 4) is 6.07 Å². The van der Waals surface area contributed by atoms with Gasteiger partial charge in [0.15, 0.2) is 0 Å². The Morgan fingerprint density at radius 3 is 2.60 bits per heavy atom. The molecule has 0 fully saturated rings. The van der Waals surface area contributed by atoms with Crippen LogP contribution in [-0.2, 0) is 6.42 Å². The molecule has 100 valence electrons. The average molecular weight is 262 g/mol. The van der Waals surface area contributed by atoms with E-state index in [0.29, 0.717) is 6.04 Å². The topological polar surface area (TPSA) is 27.0 Å². The highest BCUT2D eigenvalue weighted by molar-refractivity contribution is 5.45. The standard InChI is InChI=1S/C18H18N2/c1-13-4-3-5-15-10-11-20(2)18(17(13)15)16-8-6-14(12-19)7-9-16/h3-9,18H,10-11H2,1-2H3. The maximum atomic E-state index is 8.93. The Hall–Kier alpha value is -2.11. The lowest BCUT2D eigenvalue weighted by Gasteiger charge is -2.36. The molecule has 0 amide bonds. The van der Waals surface area contributed by atoms with Gasteiger partial charge in [0.25, 0.3) is 0 Å². The summed E-state index contributed by atoms with van der Waals surface area (Å²) in [5, 5.41) is 8.93. The number of benzene rings is 2. The number of likely N-dealkylation sites (N-methyl/N-ethyl adjacent to an activating group) is 1. The second-order valence-electron chi connectivity index (χ2n) is 5.51. The van der Waals surface area contributed by atoms with E-state index in [1.807, 2.05) is 12.1 Å².